The number of nitrogens with zero attached hydrogens (tertiary/aromatic N) is 1. The Morgan fingerprint density at radius 2 is 2.11 bits per heavy atom. The third-order valence-corrected chi connectivity index (χ3v) is 5.45. The van der Waals surface area contributed by atoms with Crippen molar-refractivity contribution in [3.63, 3.8) is 0 Å². The second kappa shape index (κ2) is 5.38. The first-order valence-corrected chi connectivity index (χ1v) is 7.71. The first-order chi connectivity index (χ1) is 8.55. The molecule has 1 aromatic carbocycles. The lowest BCUT2D eigenvalue weighted by molar-refractivity contribution is 0.249. The molecule has 0 heterocycles. The summed E-state index contributed by atoms with van der Waals surface area (Å²) < 4.78 is 26.4. The summed E-state index contributed by atoms with van der Waals surface area (Å²) in [7, 11) is 0.199. The third-order valence-electron chi connectivity index (χ3n) is 3.55. The zero-order valence-corrected chi connectivity index (χ0v) is 11.7. The highest BCUT2D eigenvalue weighted by Gasteiger charge is 2.31. The van der Waals surface area contributed by atoms with E-state index < -0.39 is 10.0 Å². The Labute approximate surface area is 109 Å². The van der Waals surface area contributed by atoms with E-state index in [1.165, 1.54) is 4.31 Å². The summed E-state index contributed by atoms with van der Waals surface area (Å²) in [4.78, 5) is 0.393. The fourth-order valence-corrected chi connectivity index (χ4v) is 3.62. The van der Waals surface area contributed by atoms with Gasteiger partial charge in [-0.3, -0.25) is 0 Å². The fraction of sp³-hybridized carbons (Fsp3) is 0.538. The van der Waals surface area contributed by atoms with Crippen molar-refractivity contribution < 1.29 is 8.42 Å². The van der Waals surface area contributed by atoms with E-state index in [9.17, 15) is 8.42 Å². The van der Waals surface area contributed by atoms with Crippen molar-refractivity contribution in [2.75, 3.05) is 14.1 Å². The Bertz CT molecular complexity index is 509. The highest BCUT2D eigenvalue weighted by molar-refractivity contribution is 7.89. The Morgan fingerprint density at radius 1 is 1.39 bits per heavy atom. The molecule has 100 valence electrons. The molecule has 0 spiro atoms. The largest absolute Gasteiger partial charge is 0.316 e. The minimum atomic E-state index is -3.33. The molecule has 1 aromatic rings. The molecule has 4 nitrogen and oxygen atoms in total. The van der Waals surface area contributed by atoms with Crippen LogP contribution in [0.5, 0.6) is 0 Å². The average molecular weight is 268 g/mol. The van der Waals surface area contributed by atoms with Crippen molar-refractivity contribution >= 4 is 10.0 Å². The molecule has 1 saturated carbocycles. The molecule has 0 unspecified atom stereocenters. The normalized spacial score (nSPS) is 16.8. The molecular weight excluding hydrogens is 248 g/mol. The molecule has 0 aromatic heterocycles. The Morgan fingerprint density at radius 3 is 2.67 bits per heavy atom. The predicted octanol–water partition coefficient (Wildman–Crippen LogP) is 1.58. The van der Waals surface area contributed by atoms with Crippen LogP contribution in [-0.2, 0) is 16.6 Å². The van der Waals surface area contributed by atoms with E-state index in [0.717, 1.165) is 24.8 Å². The van der Waals surface area contributed by atoms with E-state index in [1.54, 1.807) is 25.2 Å². The van der Waals surface area contributed by atoms with E-state index in [4.69, 9.17) is 0 Å². The fourth-order valence-electron chi connectivity index (χ4n) is 2.13. The second-order valence-corrected chi connectivity index (χ2v) is 6.78. The monoisotopic (exact) mass is 268 g/mol. The molecule has 1 N–H and O–H groups in total. The Balaban J connectivity index is 2.25. The first kappa shape index (κ1) is 13.5. The number of benzene rings is 1. The number of hydrogen-bond acceptors (Lipinski definition) is 3. The van der Waals surface area contributed by atoms with E-state index in [-0.39, 0.29) is 6.04 Å². The summed E-state index contributed by atoms with van der Waals surface area (Å²) in [5, 5.41) is 3.03. The van der Waals surface area contributed by atoms with Crippen LogP contribution in [-0.4, -0.2) is 32.9 Å². The van der Waals surface area contributed by atoms with E-state index >= 15 is 0 Å². The summed E-state index contributed by atoms with van der Waals surface area (Å²) in [5.74, 6) is 0. The van der Waals surface area contributed by atoms with Crippen LogP contribution in [0.25, 0.3) is 0 Å². The van der Waals surface area contributed by atoms with Crippen LogP contribution in [0.3, 0.4) is 0 Å². The highest BCUT2D eigenvalue weighted by Crippen LogP contribution is 2.28. The number of nitrogens with one attached hydrogen (secondary N) is 1. The molecule has 2 rings (SSSR count). The lowest BCUT2D eigenvalue weighted by atomic mass is 9.94. The highest BCUT2D eigenvalue weighted by atomic mass is 32.2. The van der Waals surface area contributed by atoms with Gasteiger partial charge >= 0.3 is 0 Å². The van der Waals surface area contributed by atoms with Gasteiger partial charge in [0.25, 0.3) is 0 Å². The summed E-state index contributed by atoms with van der Waals surface area (Å²) in [6.45, 7) is 0.677. The lowest BCUT2D eigenvalue weighted by Crippen LogP contribution is -2.41. The van der Waals surface area contributed by atoms with Crippen LogP contribution in [0.2, 0.25) is 0 Å². The van der Waals surface area contributed by atoms with E-state index in [1.807, 2.05) is 13.1 Å². The molecular formula is C13H20N2O2S. The molecule has 18 heavy (non-hydrogen) atoms. The van der Waals surface area contributed by atoms with Crippen LogP contribution >= 0.6 is 0 Å². The van der Waals surface area contributed by atoms with Crippen molar-refractivity contribution in [2.24, 2.45) is 0 Å². The van der Waals surface area contributed by atoms with Gasteiger partial charge < -0.3 is 5.32 Å². The molecule has 1 aliphatic carbocycles. The van der Waals surface area contributed by atoms with Gasteiger partial charge in [0.05, 0.1) is 4.90 Å². The van der Waals surface area contributed by atoms with Crippen LogP contribution in [0, 0.1) is 0 Å². The molecule has 0 amide bonds. The van der Waals surface area contributed by atoms with Crippen LogP contribution in [0.15, 0.2) is 29.2 Å². The van der Waals surface area contributed by atoms with Gasteiger partial charge in [-0.2, -0.15) is 4.31 Å². The molecule has 1 fully saturated rings. The maximum Gasteiger partial charge on any atom is 0.243 e. The van der Waals surface area contributed by atoms with E-state index in [0.29, 0.717) is 11.4 Å². The van der Waals surface area contributed by atoms with Crippen molar-refractivity contribution in [2.45, 2.75) is 36.7 Å². The predicted molar refractivity (Wildman–Crippen MR) is 71.8 cm³/mol. The maximum absolute atomic E-state index is 12.4. The quantitative estimate of drug-likeness (QED) is 0.882. The molecule has 0 bridgehead atoms. The van der Waals surface area contributed by atoms with Gasteiger partial charge in [0.2, 0.25) is 10.0 Å². The van der Waals surface area contributed by atoms with Gasteiger partial charge in [-0.1, -0.05) is 18.6 Å². The first-order valence-electron chi connectivity index (χ1n) is 6.27. The topological polar surface area (TPSA) is 49.4 Å². The summed E-state index contributed by atoms with van der Waals surface area (Å²) in [6.07, 6.45) is 3.09. The zero-order chi connectivity index (χ0) is 13.2. The van der Waals surface area contributed by atoms with Crippen molar-refractivity contribution in [3.8, 4) is 0 Å². The molecule has 5 heteroatoms. The van der Waals surface area contributed by atoms with Gasteiger partial charge in [-0.25, -0.2) is 8.42 Å². The maximum atomic E-state index is 12.4. The van der Waals surface area contributed by atoms with Crippen LogP contribution < -0.4 is 5.32 Å². The van der Waals surface area contributed by atoms with Crippen LogP contribution in [0.4, 0.5) is 0 Å². The SMILES string of the molecule is CNCc1cccc(S(=O)(=O)N(C)C2CCC2)c1. The van der Waals surface area contributed by atoms with Gasteiger partial charge in [-0.05, 0) is 37.6 Å². The number of hydrogen-bond donors (Lipinski definition) is 1. The summed E-state index contributed by atoms with van der Waals surface area (Å²) in [5.41, 5.74) is 0.987. The third kappa shape index (κ3) is 2.58. The van der Waals surface area contributed by atoms with Gasteiger partial charge in [0.15, 0.2) is 0 Å². The average Bonchev–Trinajstić information content (AvgIpc) is 2.27. The summed E-state index contributed by atoms with van der Waals surface area (Å²) in [6, 6.07) is 7.33. The van der Waals surface area contributed by atoms with E-state index in [2.05, 4.69) is 5.32 Å². The molecule has 0 atom stereocenters. The molecule has 0 aliphatic heterocycles. The number of rotatable bonds is 5. The minimum Gasteiger partial charge on any atom is -0.316 e. The van der Waals surface area contributed by atoms with Crippen molar-refractivity contribution in [1.29, 1.82) is 0 Å². The Kier molecular flexibility index (Phi) is 4.04. The number of sulfonamides is 1. The lowest BCUT2D eigenvalue weighted by Gasteiger charge is -2.33. The Hall–Kier alpha value is -0.910. The standard InChI is InChI=1S/C13H20N2O2S/c1-14-10-11-5-3-8-13(9-11)18(16,17)15(2)12-6-4-7-12/h3,5,8-9,12,14H,4,6-7,10H2,1-2H3. The molecule has 0 saturated heterocycles. The van der Waals surface area contributed by atoms with Crippen LogP contribution in [0.1, 0.15) is 24.8 Å². The van der Waals surface area contributed by atoms with Gasteiger partial charge in [-0.15, -0.1) is 0 Å². The molecule has 0 radical (unpaired) electrons. The molecule has 1 aliphatic rings. The minimum absolute atomic E-state index is 0.183. The summed E-state index contributed by atoms with van der Waals surface area (Å²) >= 11 is 0. The van der Waals surface area contributed by atoms with Crippen molar-refractivity contribution in [1.82, 2.24) is 9.62 Å². The smallest absolute Gasteiger partial charge is 0.243 e. The van der Waals surface area contributed by atoms with Gasteiger partial charge in [0, 0.05) is 19.6 Å². The van der Waals surface area contributed by atoms with Gasteiger partial charge in [0.1, 0.15) is 0 Å². The zero-order valence-electron chi connectivity index (χ0n) is 10.9. The second-order valence-electron chi connectivity index (χ2n) is 4.78. The van der Waals surface area contributed by atoms with Crippen molar-refractivity contribution in [3.05, 3.63) is 29.8 Å².